The third kappa shape index (κ3) is 6.34. The highest BCUT2D eigenvalue weighted by molar-refractivity contribution is 7.99. The number of hydrogen-bond acceptors (Lipinski definition) is 3. The number of anilines is 1. The molecule has 0 fully saturated rings. The van der Waals surface area contributed by atoms with Gasteiger partial charge < -0.3 is 10.6 Å². The van der Waals surface area contributed by atoms with E-state index >= 15 is 0 Å². The molecule has 4 nitrogen and oxygen atoms in total. The van der Waals surface area contributed by atoms with Crippen molar-refractivity contribution in [1.29, 1.82) is 0 Å². The lowest BCUT2D eigenvalue weighted by molar-refractivity contribution is -0.116. The molecule has 0 heterocycles. The second kappa shape index (κ2) is 9.87. The lowest BCUT2D eigenvalue weighted by atomic mass is 10.2. The molecule has 0 aliphatic heterocycles. The summed E-state index contributed by atoms with van der Waals surface area (Å²) in [4.78, 5) is 24.1. The van der Waals surface area contributed by atoms with Crippen LogP contribution >= 0.6 is 35.0 Å². The SMILES string of the molecule is O=C(CCNC(=O)c1ccc(F)cc1Cl)Nc1cccc(Cl)c1SC(F)F. The fourth-order valence-corrected chi connectivity index (χ4v) is 3.25. The summed E-state index contributed by atoms with van der Waals surface area (Å²) < 4.78 is 38.3. The third-order valence-electron chi connectivity index (χ3n) is 3.26. The molecule has 2 rings (SSSR count). The van der Waals surface area contributed by atoms with Crippen LogP contribution in [0.15, 0.2) is 41.3 Å². The summed E-state index contributed by atoms with van der Waals surface area (Å²) in [6.07, 6.45) is -0.115. The van der Waals surface area contributed by atoms with Crippen LogP contribution in [0.3, 0.4) is 0 Å². The molecule has 0 bridgehead atoms. The number of carbonyl (C=O) groups is 2. The predicted molar refractivity (Wildman–Crippen MR) is 100 cm³/mol. The van der Waals surface area contributed by atoms with Gasteiger partial charge in [-0.1, -0.05) is 41.0 Å². The first kappa shape index (κ1) is 21.4. The summed E-state index contributed by atoms with van der Waals surface area (Å²) >= 11 is 11.9. The Bertz CT molecular complexity index is 853. The fourth-order valence-electron chi connectivity index (χ4n) is 2.09. The van der Waals surface area contributed by atoms with Crippen molar-refractivity contribution in [3.63, 3.8) is 0 Å². The van der Waals surface area contributed by atoms with Crippen molar-refractivity contribution in [1.82, 2.24) is 5.32 Å². The predicted octanol–water partition coefficient (Wildman–Crippen LogP) is 5.21. The van der Waals surface area contributed by atoms with Gasteiger partial charge in [-0.05, 0) is 30.3 Å². The topological polar surface area (TPSA) is 58.2 Å². The molecule has 2 amide bonds. The van der Waals surface area contributed by atoms with Gasteiger partial charge in [0.1, 0.15) is 5.82 Å². The van der Waals surface area contributed by atoms with E-state index in [9.17, 15) is 22.8 Å². The Balaban J connectivity index is 1.91. The van der Waals surface area contributed by atoms with Crippen LogP contribution in [0.5, 0.6) is 0 Å². The van der Waals surface area contributed by atoms with E-state index in [-0.39, 0.29) is 50.9 Å². The highest BCUT2D eigenvalue weighted by Gasteiger charge is 2.16. The average Bonchev–Trinajstić information content (AvgIpc) is 2.57. The van der Waals surface area contributed by atoms with Crippen LogP contribution in [0.1, 0.15) is 16.8 Å². The van der Waals surface area contributed by atoms with E-state index in [1.165, 1.54) is 24.3 Å². The molecule has 0 spiro atoms. The van der Waals surface area contributed by atoms with Crippen LogP contribution in [0.25, 0.3) is 0 Å². The third-order valence-corrected chi connectivity index (χ3v) is 4.85. The first-order valence-corrected chi connectivity index (χ1v) is 9.18. The van der Waals surface area contributed by atoms with Gasteiger partial charge in [-0.3, -0.25) is 9.59 Å². The van der Waals surface area contributed by atoms with Crippen LogP contribution in [-0.4, -0.2) is 24.1 Å². The second-order valence-electron chi connectivity index (χ2n) is 5.17. The van der Waals surface area contributed by atoms with Crippen molar-refractivity contribution < 1.29 is 22.8 Å². The number of carbonyl (C=O) groups excluding carboxylic acids is 2. The number of alkyl halides is 2. The highest BCUT2D eigenvalue weighted by atomic mass is 35.5. The van der Waals surface area contributed by atoms with Crippen LogP contribution < -0.4 is 10.6 Å². The Morgan fingerprint density at radius 2 is 1.85 bits per heavy atom. The molecule has 0 atom stereocenters. The van der Waals surface area contributed by atoms with Crippen molar-refractivity contribution in [3.05, 3.63) is 57.8 Å². The average molecular weight is 437 g/mol. The molecular formula is C17H13Cl2F3N2O2S. The number of amides is 2. The van der Waals surface area contributed by atoms with Gasteiger partial charge in [-0.2, -0.15) is 8.78 Å². The first-order chi connectivity index (χ1) is 12.8. The Hall–Kier alpha value is -1.90. The van der Waals surface area contributed by atoms with E-state index in [1.54, 1.807) is 0 Å². The van der Waals surface area contributed by atoms with Gasteiger partial charge in [-0.15, -0.1) is 0 Å². The minimum absolute atomic E-state index is 0.0315. The summed E-state index contributed by atoms with van der Waals surface area (Å²) in [6.45, 7) is -0.0315. The molecule has 10 heteroatoms. The van der Waals surface area contributed by atoms with Gasteiger partial charge in [0.2, 0.25) is 5.91 Å². The van der Waals surface area contributed by atoms with Crippen molar-refractivity contribution in [2.45, 2.75) is 17.1 Å². The quantitative estimate of drug-likeness (QED) is 0.585. The Morgan fingerprint density at radius 3 is 2.52 bits per heavy atom. The number of rotatable bonds is 7. The van der Waals surface area contributed by atoms with Gasteiger partial charge >= 0.3 is 0 Å². The van der Waals surface area contributed by atoms with Gasteiger partial charge in [0.15, 0.2) is 0 Å². The fraction of sp³-hybridized carbons (Fsp3) is 0.176. The lowest BCUT2D eigenvalue weighted by Crippen LogP contribution is -2.28. The number of halogens is 5. The van der Waals surface area contributed by atoms with Gasteiger partial charge in [0.05, 0.1) is 26.2 Å². The maximum absolute atomic E-state index is 13.0. The highest BCUT2D eigenvalue weighted by Crippen LogP contribution is 2.37. The van der Waals surface area contributed by atoms with Gasteiger partial charge in [0, 0.05) is 13.0 Å². The van der Waals surface area contributed by atoms with E-state index in [2.05, 4.69) is 10.6 Å². The lowest BCUT2D eigenvalue weighted by Gasteiger charge is -2.12. The zero-order chi connectivity index (χ0) is 20.0. The van der Waals surface area contributed by atoms with Crippen LogP contribution in [0.2, 0.25) is 10.0 Å². The van der Waals surface area contributed by atoms with Gasteiger partial charge in [0.25, 0.3) is 11.7 Å². The van der Waals surface area contributed by atoms with Crippen LogP contribution in [0, 0.1) is 5.82 Å². The van der Waals surface area contributed by atoms with Crippen LogP contribution in [-0.2, 0) is 4.79 Å². The molecule has 27 heavy (non-hydrogen) atoms. The van der Waals surface area contributed by atoms with Crippen LogP contribution in [0.4, 0.5) is 18.9 Å². The first-order valence-electron chi connectivity index (χ1n) is 7.54. The molecule has 0 radical (unpaired) electrons. The largest absolute Gasteiger partial charge is 0.351 e. The number of thioether (sulfide) groups is 1. The molecule has 0 unspecified atom stereocenters. The van der Waals surface area contributed by atoms with Crippen molar-refractivity contribution in [2.24, 2.45) is 0 Å². The summed E-state index contributed by atoms with van der Waals surface area (Å²) in [5.74, 6) is -4.33. The Kier molecular flexibility index (Phi) is 7.82. The molecule has 0 aliphatic carbocycles. The van der Waals surface area contributed by atoms with E-state index in [0.29, 0.717) is 0 Å². The monoisotopic (exact) mass is 436 g/mol. The molecule has 0 aromatic heterocycles. The molecule has 144 valence electrons. The number of hydrogen-bond donors (Lipinski definition) is 2. The Morgan fingerprint density at radius 1 is 1.11 bits per heavy atom. The van der Waals surface area contributed by atoms with E-state index in [1.807, 2.05) is 0 Å². The smallest absolute Gasteiger partial charge is 0.289 e. The van der Waals surface area contributed by atoms with E-state index < -0.39 is 23.4 Å². The zero-order valence-electron chi connectivity index (χ0n) is 13.6. The molecule has 0 saturated carbocycles. The maximum atomic E-state index is 13.0. The molecule has 2 aromatic rings. The molecule has 2 aromatic carbocycles. The summed E-state index contributed by atoms with van der Waals surface area (Å²) in [5.41, 5.74) is 0.231. The minimum atomic E-state index is -2.69. The molecule has 0 aliphatic rings. The van der Waals surface area contributed by atoms with E-state index in [4.69, 9.17) is 23.2 Å². The minimum Gasteiger partial charge on any atom is -0.351 e. The van der Waals surface area contributed by atoms with Crippen molar-refractivity contribution in [3.8, 4) is 0 Å². The van der Waals surface area contributed by atoms with Crippen molar-refractivity contribution >= 4 is 52.5 Å². The van der Waals surface area contributed by atoms with Crippen molar-refractivity contribution in [2.75, 3.05) is 11.9 Å². The zero-order valence-corrected chi connectivity index (χ0v) is 15.9. The Labute approximate surface area is 167 Å². The molecule has 0 saturated heterocycles. The normalized spacial score (nSPS) is 10.7. The standard InChI is InChI=1S/C17H13Cl2F3N2O2S/c18-11-2-1-3-13(15(11)27-17(21)22)24-14(25)6-7-23-16(26)10-5-4-9(20)8-12(10)19/h1-5,8,17H,6-7H2,(H,23,26)(H,24,25). The maximum Gasteiger partial charge on any atom is 0.289 e. The molecular weight excluding hydrogens is 424 g/mol. The summed E-state index contributed by atoms with van der Waals surface area (Å²) in [7, 11) is 0. The molecule has 2 N–H and O–H groups in total. The summed E-state index contributed by atoms with van der Waals surface area (Å²) in [5, 5.41) is 5.00. The van der Waals surface area contributed by atoms with E-state index in [0.717, 1.165) is 12.1 Å². The summed E-state index contributed by atoms with van der Waals surface area (Å²) in [6, 6.07) is 7.73. The number of nitrogens with one attached hydrogen (secondary N) is 2. The second-order valence-corrected chi connectivity index (χ2v) is 6.99. The number of benzene rings is 2. The van der Waals surface area contributed by atoms with Gasteiger partial charge in [-0.25, -0.2) is 4.39 Å².